The maximum Gasteiger partial charge on any atom is 0.218 e. The van der Waals surface area contributed by atoms with E-state index in [1.54, 1.807) is 0 Å². The fourth-order valence-corrected chi connectivity index (χ4v) is 11.4. The highest BCUT2D eigenvalue weighted by molar-refractivity contribution is 7.81. The molecule has 15 heteroatoms. The molecule has 0 unspecified atom stereocenters. The summed E-state index contributed by atoms with van der Waals surface area (Å²) in [5, 5.41) is 33.6. The van der Waals surface area contributed by atoms with Gasteiger partial charge in [-0.25, -0.2) is 16.8 Å². The largest absolute Gasteiger partial charge is 0.726 e. The summed E-state index contributed by atoms with van der Waals surface area (Å²) in [7, 11) is -10.2. The summed E-state index contributed by atoms with van der Waals surface area (Å²) in [5.74, 6) is -0.0463. The summed E-state index contributed by atoms with van der Waals surface area (Å²) in [4.78, 5) is 0. The van der Waals surface area contributed by atoms with Crippen LogP contribution in [0.15, 0.2) is 23.3 Å². The molecule has 3 saturated carbocycles. The first-order chi connectivity index (χ1) is 22.1. The van der Waals surface area contributed by atoms with Gasteiger partial charge in [-0.3, -0.25) is 8.37 Å². The molecule has 0 amide bonds. The molecule has 1 saturated heterocycles. The quantitative estimate of drug-likeness (QED) is 0.168. The second-order valence-corrected chi connectivity index (χ2v) is 17.9. The van der Waals surface area contributed by atoms with E-state index < -0.39 is 74.7 Å². The average molecular weight is 721 g/mol. The Kier molecular flexibility index (Phi) is 10.8. The predicted molar refractivity (Wildman–Crippen MR) is 170 cm³/mol. The van der Waals surface area contributed by atoms with Crippen LogP contribution in [0.4, 0.5) is 0 Å². The van der Waals surface area contributed by atoms with Gasteiger partial charge in [0.25, 0.3) is 0 Å². The number of hydrogen-bond donors (Lipinski definition) is 3. The van der Waals surface area contributed by atoms with Crippen molar-refractivity contribution >= 4 is 20.8 Å². The Balaban J connectivity index is 1.45. The topological polar surface area (TPSA) is 212 Å². The summed E-state index contributed by atoms with van der Waals surface area (Å²) < 4.78 is 90.3. The molecule has 0 radical (unpaired) electrons. The van der Waals surface area contributed by atoms with Gasteiger partial charge in [0.05, 0.1) is 23.9 Å². The third kappa shape index (κ3) is 7.62. The molecule has 14 atom stereocenters. The van der Waals surface area contributed by atoms with E-state index in [0.717, 1.165) is 25.7 Å². The van der Waals surface area contributed by atoms with Gasteiger partial charge in [-0.05, 0) is 120 Å². The van der Waals surface area contributed by atoms with Gasteiger partial charge in [-0.2, -0.15) is 0 Å². The van der Waals surface area contributed by atoms with E-state index in [9.17, 15) is 41.3 Å². The molecule has 1 aliphatic heterocycles. The third-order valence-corrected chi connectivity index (χ3v) is 13.5. The average Bonchev–Trinajstić information content (AvgIpc) is 3.31. The van der Waals surface area contributed by atoms with Crippen molar-refractivity contribution in [1.82, 2.24) is 0 Å². The van der Waals surface area contributed by atoms with E-state index in [1.165, 1.54) is 18.1 Å². The van der Waals surface area contributed by atoms with E-state index in [-0.39, 0.29) is 35.5 Å². The lowest BCUT2D eigenvalue weighted by molar-refractivity contribution is -0.312. The Morgan fingerprint density at radius 3 is 2.33 bits per heavy atom. The second kappa shape index (κ2) is 13.5. The Morgan fingerprint density at radius 2 is 1.71 bits per heavy atom. The normalized spacial score (nSPS) is 44.5. The van der Waals surface area contributed by atoms with Crippen molar-refractivity contribution in [1.29, 1.82) is 0 Å². The van der Waals surface area contributed by atoms with E-state index in [0.29, 0.717) is 25.7 Å². The first kappa shape index (κ1) is 38.3. The van der Waals surface area contributed by atoms with Crippen molar-refractivity contribution in [2.45, 2.75) is 148 Å². The molecular formula is C33H52O13S2-2. The van der Waals surface area contributed by atoms with Crippen LogP contribution in [0.1, 0.15) is 99.3 Å². The molecule has 5 aliphatic rings. The number of fused-ring (bicyclic) bond motifs is 5. The number of aliphatic hydroxyl groups is 3. The summed E-state index contributed by atoms with van der Waals surface area (Å²) in [5.41, 5.74) is 0.920. The molecule has 0 spiro atoms. The Hall–Kier alpha value is -0.980. The Morgan fingerprint density at radius 1 is 1.04 bits per heavy atom. The van der Waals surface area contributed by atoms with Crippen LogP contribution in [-0.4, -0.2) is 89.8 Å². The van der Waals surface area contributed by atoms with E-state index in [4.69, 9.17) is 13.7 Å². The van der Waals surface area contributed by atoms with Crippen molar-refractivity contribution in [3.8, 4) is 0 Å². The molecule has 4 fully saturated rings. The van der Waals surface area contributed by atoms with E-state index >= 15 is 0 Å². The van der Waals surface area contributed by atoms with Gasteiger partial charge in [-0.1, -0.05) is 37.1 Å². The van der Waals surface area contributed by atoms with Crippen LogP contribution < -0.4 is 0 Å². The minimum absolute atomic E-state index is 0.0408. The lowest BCUT2D eigenvalue weighted by atomic mass is 9.47. The van der Waals surface area contributed by atoms with E-state index in [2.05, 4.69) is 30.2 Å². The third-order valence-electron chi connectivity index (χ3n) is 12.5. The molecule has 0 aromatic heterocycles. The van der Waals surface area contributed by atoms with Crippen molar-refractivity contribution in [2.24, 2.45) is 34.5 Å². The van der Waals surface area contributed by atoms with Crippen LogP contribution in [0, 0.1) is 34.5 Å². The fraction of sp³-hybridized carbons (Fsp3) is 0.879. The first-order valence-electron chi connectivity index (χ1n) is 17.1. The fourth-order valence-electron chi connectivity index (χ4n) is 10.3. The molecule has 13 nitrogen and oxygen atoms in total. The Labute approximate surface area is 285 Å². The Bertz CT molecular complexity index is 1470. The minimum atomic E-state index is -5.21. The number of rotatable bonds is 10. The maximum absolute atomic E-state index is 11.8. The highest BCUT2D eigenvalue weighted by Crippen LogP contribution is 2.67. The van der Waals surface area contributed by atoms with Gasteiger partial charge < -0.3 is 33.9 Å². The van der Waals surface area contributed by atoms with Crippen LogP contribution >= 0.6 is 0 Å². The highest BCUT2D eigenvalue weighted by Gasteiger charge is 2.62. The number of allylic oxidation sites excluding steroid dienone is 4. The summed E-state index contributed by atoms with van der Waals surface area (Å²) in [6, 6.07) is 0. The molecule has 4 aliphatic carbocycles. The van der Waals surface area contributed by atoms with Crippen molar-refractivity contribution in [3.63, 3.8) is 0 Å². The van der Waals surface area contributed by atoms with Crippen LogP contribution in [0.25, 0.3) is 0 Å². The summed E-state index contributed by atoms with van der Waals surface area (Å²) >= 11 is 0. The number of hydrogen-bond acceptors (Lipinski definition) is 13. The smallest absolute Gasteiger partial charge is 0.218 e. The second-order valence-electron chi connectivity index (χ2n) is 15.9. The van der Waals surface area contributed by atoms with Crippen LogP contribution in [-0.2, 0) is 38.6 Å². The zero-order chi connectivity index (χ0) is 35.6. The van der Waals surface area contributed by atoms with Gasteiger partial charge in [-0.15, -0.1) is 0 Å². The van der Waals surface area contributed by atoms with E-state index in [1.807, 2.05) is 20.8 Å². The summed E-state index contributed by atoms with van der Waals surface area (Å²) in [6.45, 7) is 11.8. The van der Waals surface area contributed by atoms with Crippen molar-refractivity contribution in [3.05, 3.63) is 23.3 Å². The minimum Gasteiger partial charge on any atom is -0.726 e. The van der Waals surface area contributed by atoms with Crippen molar-refractivity contribution < 1.29 is 59.1 Å². The molecule has 0 aromatic rings. The monoisotopic (exact) mass is 720 g/mol. The highest BCUT2D eigenvalue weighted by atomic mass is 32.3. The molecule has 1 heterocycles. The SMILES string of the molecule is CC(C)=CCC[C@](C)(O)[C@H]1CC[C@H]2[C@@H]3C[C@H](O[C@@H]4O[C@H](C)[C@@H](OS(=O)(=O)[O-])[C@H](O)[C@H]4O)[C@H]4C[C@@H](OS(=O)(=O)[O-])CC[C@]4(C)C3=CC[C@@]21C. The molecule has 48 heavy (non-hydrogen) atoms. The number of ether oxygens (including phenoxy) is 2. The lowest BCUT2D eigenvalue weighted by Gasteiger charge is -2.60. The zero-order valence-electron chi connectivity index (χ0n) is 28.6. The predicted octanol–water partition coefficient (Wildman–Crippen LogP) is 3.22. The molecule has 3 N–H and O–H groups in total. The van der Waals surface area contributed by atoms with Crippen LogP contribution in [0.3, 0.4) is 0 Å². The molecule has 276 valence electrons. The van der Waals surface area contributed by atoms with Crippen LogP contribution in [0.5, 0.6) is 0 Å². The molecular weight excluding hydrogens is 668 g/mol. The van der Waals surface area contributed by atoms with Gasteiger partial charge >= 0.3 is 0 Å². The van der Waals surface area contributed by atoms with Gasteiger partial charge in [0.15, 0.2) is 6.29 Å². The number of aliphatic hydroxyl groups excluding tert-OH is 2. The summed E-state index contributed by atoms with van der Waals surface area (Å²) in [6.07, 6.45) is 0.678. The molecule has 0 aromatic carbocycles. The van der Waals surface area contributed by atoms with Gasteiger partial charge in [0.1, 0.15) is 18.3 Å². The van der Waals surface area contributed by atoms with Gasteiger partial charge in [0, 0.05) is 0 Å². The van der Waals surface area contributed by atoms with Crippen molar-refractivity contribution in [2.75, 3.05) is 0 Å². The standard InChI is InChI=1S/C33H54O13S2/c1-18(2)8-7-13-33(6,36)26-10-9-22-21-17-25(44-30-28(35)27(34)29(19(3)43-30)46-48(40,41)42)24-16-20(45-47(37,38)39)11-14-31(24,4)23(21)12-15-32(22,26)5/h8,12,19-22,24-30,34-36H,7,9-11,13-17H2,1-6H3,(H,37,38,39)(H,40,41,42)/p-2/t19-,20+,21+,22+,24-,25+,26+,27-,28-,29-,30+,31-,32+,33+/m1/s1. The lowest BCUT2D eigenvalue weighted by Crippen LogP contribution is -2.61. The first-order valence-corrected chi connectivity index (χ1v) is 19.7. The zero-order valence-corrected chi connectivity index (χ0v) is 30.2. The molecule has 0 bridgehead atoms. The van der Waals surface area contributed by atoms with Gasteiger partial charge in [0.2, 0.25) is 20.8 Å². The van der Waals surface area contributed by atoms with Crippen LogP contribution in [0.2, 0.25) is 0 Å². The maximum atomic E-state index is 11.8. The molecule has 5 rings (SSSR count).